The molecule has 2 aliphatic rings. The lowest BCUT2D eigenvalue weighted by Crippen LogP contribution is -2.27. The number of nitrogens with zero attached hydrogens (tertiary/aromatic N) is 3. The Morgan fingerprint density at radius 1 is 1.03 bits per heavy atom. The number of nitriles is 1. The molecular formula is C24H22N4O4. The molecule has 0 radical (unpaired) electrons. The highest BCUT2D eigenvalue weighted by Crippen LogP contribution is 2.40. The first kappa shape index (κ1) is 21.1. The zero-order valence-corrected chi connectivity index (χ0v) is 17.8. The number of esters is 1. The minimum atomic E-state index is -0.683. The fraction of sp³-hybridized carbons (Fsp3) is 0.250. The second-order valence-corrected chi connectivity index (χ2v) is 7.76. The molecule has 0 saturated heterocycles. The zero-order chi connectivity index (χ0) is 22.8. The van der Waals surface area contributed by atoms with Crippen LogP contribution in [0.5, 0.6) is 0 Å². The number of para-hydroxylation sites is 2. The van der Waals surface area contributed by atoms with Crippen LogP contribution in [0.3, 0.4) is 0 Å². The van der Waals surface area contributed by atoms with Gasteiger partial charge in [0, 0.05) is 25.7 Å². The molecular weight excluding hydrogens is 408 g/mol. The number of rotatable bonds is 6. The molecule has 8 nitrogen and oxygen atoms in total. The van der Waals surface area contributed by atoms with Crippen molar-refractivity contribution in [3.63, 3.8) is 0 Å². The molecule has 0 unspecified atom stereocenters. The SMILES string of the molecule is CN1C(=C(C#N)C(=O)COC(=O)c2ccc(NC(=O)C3CC3)cc2)N(C)c2ccccc21. The summed E-state index contributed by atoms with van der Waals surface area (Å²) in [5.41, 5.74) is 2.50. The van der Waals surface area contributed by atoms with Gasteiger partial charge < -0.3 is 19.9 Å². The maximum absolute atomic E-state index is 12.7. The molecule has 8 heteroatoms. The Balaban J connectivity index is 1.41. The van der Waals surface area contributed by atoms with Crippen molar-refractivity contribution in [2.24, 2.45) is 5.92 Å². The summed E-state index contributed by atoms with van der Waals surface area (Å²) < 4.78 is 5.15. The van der Waals surface area contributed by atoms with Gasteiger partial charge in [-0.05, 0) is 49.2 Å². The lowest BCUT2D eigenvalue weighted by molar-refractivity contribution is -0.118. The van der Waals surface area contributed by atoms with Crippen LogP contribution in [0.1, 0.15) is 23.2 Å². The van der Waals surface area contributed by atoms with Crippen molar-refractivity contribution < 1.29 is 19.1 Å². The predicted molar refractivity (Wildman–Crippen MR) is 119 cm³/mol. The fourth-order valence-electron chi connectivity index (χ4n) is 3.62. The van der Waals surface area contributed by atoms with Crippen LogP contribution < -0.4 is 15.1 Å². The van der Waals surface area contributed by atoms with E-state index in [1.807, 2.05) is 30.3 Å². The van der Waals surface area contributed by atoms with Gasteiger partial charge in [0.15, 0.2) is 6.61 Å². The lowest BCUT2D eigenvalue weighted by atomic mass is 10.1. The number of carbonyl (C=O) groups is 3. The second-order valence-electron chi connectivity index (χ2n) is 7.76. The van der Waals surface area contributed by atoms with Crippen LogP contribution >= 0.6 is 0 Å². The molecule has 1 amide bonds. The Kier molecular flexibility index (Phi) is 5.65. The highest BCUT2D eigenvalue weighted by Gasteiger charge is 2.32. The summed E-state index contributed by atoms with van der Waals surface area (Å²) in [5, 5.41) is 12.4. The van der Waals surface area contributed by atoms with Crippen LogP contribution in [0.25, 0.3) is 0 Å². The van der Waals surface area contributed by atoms with E-state index in [-0.39, 0.29) is 23.0 Å². The maximum atomic E-state index is 12.7. The Morgan fingerprint density at radius 2 is 1.62 bits per heavy atom. The average molecular weight is 430 g/mol. The second kappa shape index (κ2) is 8.55. The van der Waals surface area contributed by atoms with E-state index in [0.29, 0.717) is 11.5 Å². The fourth-order valence-corrected chi connectivity index (χ4v) is 3.62. The molecule has 0 bridgehead atoms. The van der Waals surface area contributed by atoms with Gasteiger partial charge in [-0.2, -0.15) is 5.26 Å². The van der Waals surface area contributed by atoms with Crippen molar-refractivity contribution in [1.29, 1.82) is 5.26 Å². The van der Waals surface area contributed by atoms with E-state index >= 15 is 0 Å². The number of amides is 1. The molecule has 1 N–H and O–H groups in total. The molecule has 0 aromatic heterocycles. The molecule has 1 aliphatic carbocycles. The summed E-state index contributed by atoms with van der Waals surface area (Å²) in [6.45, 7) is -0.552. The first-order valence-electron chi connectivity index (χ1n) is 10.2. The van der Waals surface area contributed by atoms with Gasteiger partial charge in [-0.1, -0.05) is 12.1 Å². The van der Waals surface area contributed by atoms with E-state index in [4.69, 9.17) is 4.74 Å². The van der Waals surface area contributed by atoms with Crippen LogP contribution in [0.2, 0.25) is 0 Å². The number of fused-ring (bicyclic) bond motifs is 1. The minimum Gasteiger partial charge on any atom is -0.454 e. The first-order chi connectivity index (χ1) is 15.4. The molecule has 0 spiro atoms. The highest BCUT2D eigenvalue weighted by molar-refractivity contribution is 6.04. The number of ether oxygens (including phenoxy) is 1. The minimum absolute atomic E-state index is 0.0213. The molecule has 1 heterocycles. The highest BCUT2D eigenvalue weighted by atomic mass is 16.5. The summed E-state index contributed by atoms with van der Waals surface area (Å²) in [6, 6.07) is 15.8. The molecule has 162 valence electrons. The summed E-state index contributed by atoms with van der Waals surface area (Å²) >= 11 is 0. The smallest absolute Gasteiger partial charge is 0.338 e. The molecule has 4 rings (SSSR count). The van der Waals surface area contributed by atoms with Crippen LogP contribution in [0.15, 0.2) is 59.9 Å². The summed E-state index contributed by atoms with van der Waals surface area (Å²) in [6.07, 6.45) is 1.81. The van der Waals surface area contributed by atoms with Gasteiger partial charge in [0.1, 0.15) is 17.5 Å². The van der Waals surface area contributed by atoms with E-state index in [0.717, 1.165) is 24.2 Å². The van der Waals surface area contributed by atoms with Crippen LogP contribution in [0.4, 0.5) is 17.1 Å². The molecule has 2 aromatic rings. The van der Waals surface area contributed by atoms with Crippen molar-refractivity contribution in [2.75, 3.05) is 35.8 Å². The van der Waals surface area contributed by atoms with E-state index < -0.39 is 18.4 Å². The molecule has 1 aliphatic heterocycles. The number of hydrogen-bond acceptors (Lipinski definition) is 7. The predicted octanol–water partition coefficient (Wildman–Crippen LogP) is 3.08. The Morgan fingerprint density at radius 3 is 2.16 bits per heavy atom. The molecule has 0 atom stereocenters. The van der Waals surface area contributed by atoms with Crippen LogP contribution in [-0.4, -0.2) is 38.4 Å². The number of Topliss-reactive ketones (excluding diaryl/α,β-unsaturated/α-hetero) is 1. The lowest BCUT2D eigenvalue weighted by Gasteiger charge is -2.19. The van der Waals surface area contributed by atoms with E-state index in [1.165, 1.54) is 12.1 Å². The number of hydrogen-bond donors (Lipinski definition) is 1. The number of anilines is 3. The molecule has 1 fully saturated rings. The van der Waals surface area contributed by atoms with Gasteiger partial charge in [-0.3, -0.25) is 9.59 Å². The molecule has 1 saturated carbocycles. The van der Waals surface area contributed by atoms with Crippen molar-refractivity contribution >= 4 is 34.7 Å². The third-order valence-electron chi connectivity index (χ3n) is 5.52. The summed E-state index contributed by atoms with van der Waals surface area (Å²) in [4.78, 5) is 40.4. The van der Waals surface area contributed by atoms with Gasteiger partial charge in [0.2, 0.25) is 11.7 Å². The van der Waals surface area contributed by atoms with Crippen molar-refractivity contribution in [1.82, 2.24) is 0 Å². The largest absolute Gasteiger partial charge is 0.454 e. The normalized spacial score (nSPS) is 14.5. The summed E-state index contributed by atoms with van der Waals surface area (Å²) in [5.74, 6) is -0.773. The Labute approximate surface area is 185 Å². The number of nitrogens with one attached hydrogen (secondary N) is 1. The van der Waals surface area contributed by atoms with Crippen molar-refractivity contribution in [2.45, 2.75) is 12.8 Å². The van der Waals surface area contributed by atoms with Crippen LogP contribution in [-0.2, 0) is 14.3 Å². The Bertz CT molecular complexity index is 1130. The van der Waals surface area contributed by atoms with Gasteiger partial charge in [0.05, 0.1) is 16.9 Å². The topological polar surface area (TPSA) is 103 Å². The van der Waals surface area contributed by atoms with Crippen molar-refractivity contribution in [3.8, 4) is 6.07 Å². The van der Waals surface area contributed by atoms with Gasteiger partial charge in [-0.25, -0.2) is 4.79 Å². The van der Waals surface area contributed by atoms with Crippen molar-refractivity contribution in [3.05, 3.63) is 65.5 Å². The quantitative estimate of drug-likeness (QED) is 0.427. The molecule has 32 heavy (non-hydrogen) atoms. The first-order valence-corrected chi connectivity index (χ1v) is 10.2. The van der Waals surface area contributed by atoms with Gasteiger partial charge in [0.25, 0.3) is 0 Å². The monoisotopic (exact) mass is 430 g/mol. The van der Waals surface area contributed by atoms with Crippen LogP contribution in [0, 0.1) is 17.2 Å². The van der Waals surface area contributed by atoms with Gasteiger partial charge >= 0.3 is 5.97 Å². The summed E-state index contributed by atoms with van der Waals surface area (Å²) in [7, 11) is 3.55. The van der Waals surface area contributed by atoms with Gasteiger partial charge in [-0.15, -0.1) is 0 Å². The molecule has 2 aromatic carbocycles. The number of carbonyl (C=O) groups excluding carboxylic acids is 3. The number of benzene rings is 2. The average Bonchev–Trinajstić information content (AvgIpc) is 3.63. The van der Waals surface area contributed by atoms with E-state index in [9.17, 15) is 19.6 Å². The third-order valence-corrected chi connectivity index (χ3v) is 5.52. The zero-order valence-electron chi connectivity index (χ0n) is 17.8. The standard InChI is InChI=1S/C24H22N4O4/c1-27-19-5-3-4-6-20(19)28(2)23(27)18(13-25)21(29)14-32-24(31)16-9-11-17(12-10-16)26-22(30)15-7-8-15/h3-6,9-12,15H,7-8,14H2,1-2H3,(H,26,30). The van der Waals surface area contributed by atoms with E-state index in [2.05, 4.69) is 5.32 Å². The maximum Gasteiger partial charge on any atom is 0.338 e. The van der Waals surface area contributed by atoms with E-state index in [1.54, 1.807) is 36.0 Å². The Hall–Kier alpha value is -4.12. The number of ketones is 1. The third kappa shape index (κ3) is 4.05.